The van der Waals surface area contributed by atoms with Gasteiger partial charge in [0.2, 0.25) is 11.8 Å². The van der Waals surface area contributed by atoms with Gasteiger partial charge in [-0.3, -0.25) is 9.59 Å². The highest BCUT2D eigenvalue weighted by molar-refractivity contribution is 6.35. The summed E-state index contributed by atoms with van der Waals surface area (Å²) in [5, 5.41) is 4.10. The van der Waals surface area contributed by atoms with Gasteiger partial charge in [-0.1, -0.05) is 43.1 Å². The summed E-state index contributed by atoms with van der Waals surface area (Å²) in [5.41, 5.74) is 0.0924. The number of rotatable bonds is 9. The fourth-order valence-electron chi connectivity index (χ4n) is 3.02. The number of nitrogens with one attached hydrogen (secondary N) is 1. The van der Waals surface area contributed by atoms with Crippen molar-refractivity contribution < 1.29 is 9.59 Å². The van der Waals surface area contributed by atoms with Gasteiger partial charge in [-0.25, -0.2) is 0 Å². The summed E-state index contributed by atoms with van der Waals surface area (Å²) in [7, 11) is 0. The molecule has 0 atom stereocenters. The highest BCUT2D eigenvalue weighted by atomic mass is 35.5. The minimum atomic E-state index is -0.839. The summed E-state index contributed by atoms with van der Waals surface area (Å²) in [4.78, 5) is 27.2. The molecule has 1 aliphatic rings. The lowest BCUT2D eigenvalue weighted by atomic mass is 10.0. The first-order valence-electron chi connectivity index (χ1n) is 8.96. The molecule has 1 fully saturated rings. The standard InChI is InChI=1S/C19H26Cl2N2O2/c1-3-11-23(12-4-2)18(25)19(8-9-19)17(24)22-10-7-14-5-6-15(20)13-16(14)21/h5-6,13H,3-4,7-12H2,1-2H3,(H,22,24). The van der Waals surface area contributed by atoms with Crippen molar-refractivity contribution in [3.8, 4) is 0 Å². The van der Waals surface area contributed by atoms with E-state index in [0.717, 1.165) is 18.4 Å². The normalized spacial score (nSPS) is 14.9. The number of hydrogen-bond donors (Lipinski definition) is 1. The van der Waals surface area contributed by atoms with Crippen LogP contribution in [0.2, 0.25) is 10.0 Å². The molecule has 1 N–H and O–H groups in total. The molecule has 1 saturated carbocycles. The Morgan fingerprint density at radius 2 is 1.80 bits per heavy atom. The monoisotopic (exact) mass is 384 g/mol. The molecule has 0 bridgehead atoms. The van der Waals surface area contributed by atoms with E-state index in [0.29, 0.717) is 48.9 Å². The van der Waals surface area contributed by atoms with Gasteiger partial charge < -0.3 is 10.2 Å². The van der Waals surface area contributed by atoms with Gasteiger partial charge in [0.15, 0.2) is 0 Å². The van der Waals surface area contributed by atoms with Crippen LogP contribution < -0.4 is 5.32 Å². The van der Waals surface area contributed by atoms with Gasteiger partial charge in [0.05, 0.1) is 0 Å². The molecule has 1 aromatic carbocycles. The van der Waals surface area contributed by atoms with Crippen LogP contribution in [0.15, 0.2) is 18.2 Å². The molecule has 1 aromatic rings. The van der Waals surface area contributed by atoms with Crippen LogP contribution >= 0.6 is 23.2 Å². The Bertz CT molecular complexity index is 624. The van der Waals surface area contributed by atoms with E-state index in [-0.39, 0.29) is 11.8 Å². The third-order valence-electron chi connectivity index (χ3n) is 4.56. The predicted octanol–water partition coefficient (Wildman–Crippen LogP) is 4.08. The van der Waals surface area contributed by atoms with Crippen molar-refractivity contribution in [2.45, 2.75) is 46.0 Å². The average Bonchev–Trinajstić information content (AvgIpc) is 3.38. The van der Waals surface area contributed by atoms with Gasteiger partial charge in [-0.05, 0) is 49.8 Å². The third kappa shape index (κ3) is 4.89. The summed E-state index contributed by atoms with van der Waals surface area (Å²) in [6, 6.07) is 5.34. The smallest absolute Gasteiger partial charge is 0.238 e. The van der Waals surface area contributed by atoms with Gasteiger partial charge in [0.25, 0.3) is 0 Å². The minimum absolute atomic E-state index is 0.0155. The maximum absolute atomic E-state index is 12.8. The zero-order valence-electron chi connectivity index (χ0n) is 14.9. The van der Waals surface area contributed by atoms with Crippen molar-refractivity contribution in [2.75, 3.05) is 19.6 Å². The van der Waals surface area contributed by atoms with Crippen LogP contribution in [0.4, 0.5) is 0 Å². The van der Waals surface area contributed by atoms with Crippen LogP contribution in [-0.4, -0.2) is 36.3 Å². The van der Waals surface area contributed by atoms with Gasteiger partial charge >= 0.3 is 0 Å². The lowest BCUT2D eigenvalue weighted by molar-refractivity contribution is -0.144. The molecule has 0 radical (unpaired) electrons. The number of carbonyl (C=O) groups is 2. The molecule has 1 aliphatic carbocycles. The second kappa shape index (κ2) is 8.91. The molecule has 0 aliphatic heterocycles. The van der Waals surface area contributed by atoms with Crippen molar-refractivity contribution >= 4 is 35.0 Å². The second-order valence-corrected chi connectivity index (χ2v) is 7.46. The number of carbonyl (C=O) groups excluding carboxylic acids is 2. The zero-order chi connectivity index (χ0) is 18.4. The molecule has 0 saturated heterocycles. The molecule has 6 heteroatoms. The highest BCUT2D eigenvalue weighted by Crippen LogP contribution is 2.47. The largest absolute Gasteiger partial charge is 0.355 e. The number of amides is 2. The Kier molecular flexibility index (Phi) is 7.14. The summed E-state index contributed by atoms with van der Waals surface area (Å²) in [6.07, 6.45) is 3.70. The molecule has 138 valence electrons. The van der Waals surface area contributed by atoms with E-state index in [1.54, 1.807) is 12.1 Å². The fourth-order valence-corrected chi connectivity index (χ4v) is 3.53. The van der Waals surface area contributed by atoms with Gasteiger partial charge in [-0.2, -0.15) is 0 Å². The summed E-state index contributed by atoms with van der Waals surface area (Å²) >= 11 is 12.0. The van der Waals surface area contributed by atoms with Crippen LogP contribution in [-0.2, 0) is 16.0 Å². The lowest BCUT2D eigenvalue weighted by Crippen LogP contribution is -2.46. The average molecular weight is 385 g/mol. The second-order valence-electron chi connectivity index (χ2n) is 6.62. The summed E-state index contributed by atoms with van der Waals surface area (Å²) in [6.45, 7) is 5.97. The van der Waals surface area contributed by atoms with Crippen molar-refractivity contribution in [2.24, 2.45) is 5.41 Å². The van der Waals surface area contributed by atoms with Gasteiger partial charge in [-0.15, -0.1) is 0 Å². The van der Waals surface area contributed by atoms with Crippen LogP contribution in [0.5, 0.6) is 0 Å². The van der Waals surface area contributed by atoms with E-state index in [1.807, 2.05) is 24.8 Å². The molecule has 0 unspecified atom stereocenters. The maximum atomic E-state index is 12.8. The summed E-state index contributed by atoms with van der Waals surface area (Å²) in [5.74, 6) is -0.169. The quantitative estimate of drug-likeness (QED) is 0.652. The number of hydrogen-bond acceptors (Lipinski definition) is 2. The molecule has 25 heavy (non-hydrogen) atoms. The number of benzene rings is 1. The molecular weight excluding hydrogens is 359 g/mol. The van der Waals surface area contributed by atoms with E-state index in [1.165, 1.54) is 0 Å². The molecule has 2 amide bonds. The Morgan fingerprint density at radius 3 is 2.32 bits per heavy atom. The van der Waals surface area contributed by atoms with Crippen LogP contribution in [0.3, 0.4) is 0 Å². The van der Waals surface area contributed by atoms with Crippen LogP contribution in [0.25, 0.3) is 0 Å². The van der Waals surface area contributed by atoms with Crippen LogP contribution in [0, 0.1) is 5.41 Å². The molecule has 4 nitrogen and oxygen atoms in total. The van der Waals surface area contributed by atoms with Gasteiger partial charge in [0.1, 0.15) is 5.41 Å². The first kappa shape index (κ1) is 20.1. The first-order valence-corrected chi connectivity index (χ1v) is 9.71. The molecular formula is C19H26Cl2N2O2. The lowest BCUT2D eigenvalue weighted by Gasteiger charge is -2.26. The van der Waals surface area contributed by atoms with Crippen LogP contribution in [0.1, 0.15) is 45.1 Å². The Labute approximate surface area is 159 Å². The Hall–Kier alpha value is -1.26. The number of halogens is 2. The van der Waals surface area contributed by atoms with Crippen molar-refractivity contribution in [3.63, 3.8) is 0 Å². The fraction of sp³-hybridized carbons (Fsp3) is 0.579. The van der Waals surface area contributed by atoms with Gasteiger partial charge in [0, 0.05) is 29.7 Å². The van der Waals surface area contributed by atoms with Crippen molar-refractivity contribution in [3.05, 3.63) is 33.8 Å². The van der Waals surface area contributed by atoms with E-state index in [9.17, 15) is 9.59 Å². The number of nitrogens with zero attached hydrogens (tertiary/aromatic N) is 1. The molecule has 0 spiro atoms. The Morgan fingerprint density at radius 1 is 1.16 bits per heavy atom. The van der Waals surface area contributed by atoms with Crippen molar-refractivity contribution in [1.29, 1.82) is 0 Å². The highest BCUT2D eigenvalue weighted by Gasteiger charge is 2.57. The minimum Gasteiger partial charge on any atom is -0.355 e. The van der Waals surface area contributed by atoms with Crippen molar-refractivity contribution in [1.82, 2.24) is 10.2 Å². The summed E-state index contributed by atoms with van der Waals surface area (Å²) < 4.78 is 0. The van der Waals surface area contributed by atoms with E-state index in [4.69, 9.17) is 23.2 Å². The first-order chi connectivity index (χ1) is 11.9. The van der Waals surface area contributed by atoms with E-state index >= 15 is 0 Å². The molecule has 0 aromatic heterocycles. The SMILES string of the molecule is CCCN(CCC)C(=O)C1(C(=O)NCCc2ccc(Cl)cc2Cl)CC1. The van der Waals surface area contributed by atoms with E-state index < -0.39 is 5.41 Å². The zero-order valence-corrected chi connectivity index (χ0v) is 16.4. The third-order valence-corrected chi connectivity index (χ3v) is 5.15. The topological polar surface area (TPSA) is 49.4 Å². The predicted molar refractivity (Wildman–Crippen MR) is 102 cm³/mol. The molecule has 0 heterocycles. The van der Waals surface area contributed by atoms with E-state index in [2.05, 4.69) is 5.32 Å². The molecule has 2 rings (SSSR count). The maximum Gasteiger partial charge on any atom is 0.238 e. The Balaban J connectivity index is 1.92.